The molecule has 1 saturated heterocycles. The van der Waals surface area contributed by atoms with Crippen molar-refractivity contribution in [3.05, 3.63) is 36.3 Å². The highest BCUT2D eigenvalue weighted by molar-refractivity contribution is 5.93. The minimum absolute atomic E-state index is 0.0543. The van der Waals surface area contributed by atoms with Crippen LogP contribution in [0.15, 0.2) is 30.6 Å². The SMILES string of the molecule is CO[C@@H]1C[C@@H](Cn2ccc(N)n2)N(C(=O)c2cccn2C2CCCC2)C1. The molecular weight excluding hydrogens is 330 g/mol. The van der Waals surface area contributed by atoms with E-state index in [4.69, 9.17) is 10.5 Å². The number of ether oxygens (including phenoxy) is 1. The van der Waals surface area contributed by atoms with Gasteiger partial charge in [0, 0.05) is 32.1 Å². The van der Waals surface area contributed by atoms with Crippen molar-refractivity contribution in [1.82, 2.24) is 19.2 Å². The number of anilines is 1. The number of carbonyl (C=O) groups is 1. The maximum absolute atomic E-state index is 13.3. The average Bonchev–Trinajstić information content (AvgIpc) is 3.41. The summed E-state index contributed by atoms with van der Waals surface area (Å²) in [7, 11) is 1.71. The summed E-state index contributed by atoms with van der Waals surface area (Å²) in [5, 5.41) is 4.27. The summed E-state index contributed by atoms with van der Waals surface area (Å²) in [6, 6.07) is 6.22. The highest BCUT2D eigenvalue weighted by atomic mass is 16.5. The molecule has 26 heavy (non-hydrogen) atoms. The van der Waals surface area contributed by atoms with Crippen molar-refractivity contribution < 1.29 is 9.53 Å². The molecule has 0 aromatic carbocycles. The molecule has 1 aliphatic heterocycles. The van der Waals surface area contributed by atoms with E-state index < -0.39 is 0 Å². The molecule has 2 aromatic heterocycles. The molecule has 7 nitrogen and oxygen atoms in total. The fraction of sp³-hybridized carbons (Fsp3) is 0.579. The van der Waals surface area contributed by atoms with Gasteiger partial charge >= 0.3 is 0 Å². The number of carbonyl (C=O) groups excluding carboxylic acids is 1. The molecule has 0 bridgehead atoms. The van der Waals surface area contributed by atoms with Gasteiger partial charge in [-0.15, -0.1) is 0 Å². The Labute approximate surface area is 153 Å². The zero-order chi connectivity index (χ0) is 18.1. The van der Waals surface area contributed by atoms with E-state index in [0.29, 0.717) is 24.9 Å². The highest BCUT2D eigenvalue weighted by Crippen LogP contribution is 2.32. The largest absolute Gasteiger partial charge is 0.382 e. The molecule has 2 N–H and O–H groups in total. The lowest BCUT2D eigenvalue weighted by Gasteiger charge is -2.26. The Kier molecular flexibility index (Phi) is 4.72. The standard InChI is InChI=1S/C19H27N5O2/c1-26-16-11-15(12-22-10-8-18(20)21-22)24(13-16)19(25)17-7-4-9-23(17)14-5-2-3-6-14/h4,7-10,14-16H,2-3,5-6,11-13H2,1H3,(H2,20,21)/t15-,16+/m0/s1. The summed E-state index contributed by atoms with van der Waals surface area (Å²) in [5.41, 5.74) is 6.52. The zero-order valence-corrected chi connectivity index (χ0v) is 15.3. The number of methoxy groups -OCH3 is 1. The average molecular weight is 357 g/mol. The van der Waals surface area contributed by atoms with Gasteiger partial charge in [0.25, 0.3) is 5.91 Å². The van der Waals surface area contributed by atoms with E-state index in [1.165, 1.54) is 12.8 Å². The van der Waals surface area contributed by atoms with E-state index in [2.05, 4.69) is 15.9 Å². The minimum Gasteiger partial charge on any atom is -0.382 e. The number of nitrogens with two attached hydrogens (primary N) is 1. The van der Waals surface area contributed by atoms with Crippen LogP contribution in [0.5, 0.6) is 0 Å². The van der Waals surface area contributed by atoms with E-state index in [1.54, 1.807) is 13.2 Å². The van der Waals surface area contributed by atoms with Gasteiger partial charge < -0.3 is 19.9 Å². The van der Waals surface area contributed by atoms with Crippen LogP contribution in [-0.2, 0) is 11.3 Å². The Morgan fingerprint density at radius 2 is 2.12 bits per heavy atom. The molecule has 1 aliphatic carbocycles. The minimum atomic E-state index is 0.0543. The van der Waals surface area contributed by atoms with E-state index in [-0.39, 0.29) is 18.1 Å². The van der Waals surface area contributed by atoms with E-state index in [0.717, 1.165) is 25.0 Å². The number of likely N-dealkylation sites (tertiary alicyclic amines) is 1. The second-order valence-corrected chi connectivity index (χ2v) is 7.41. The van der Waals surface area contributed by atoms with Crippen LogP contribution in [0, 0.1) is 0 Å². The van der Waals surface area contributed by atoms with E-state index in [1.807, 2.05) is 27.9 Å². The molecule has 0 radical (unpaired) electrons. The van der Waals surface area contributed by atoms with Gasteiger partial charge in [-0.25, -0.2) is 0 Å². The van der Waals surface area contributed by atoms with Crippen molar-refractivity contribution >= 4 is 11.7 Å². The molecule has 7 heteroatoms. The number of hydrogen-bond donors (Lipinski definition) is 1. The summed E-state index contributed by atoms with van der Waals surface area (Å²) in [4.78, 5) is 15.3. The topological polar surface area (TPSA) is 78.3 Å². The molecule has 140 valence electrons. The van der Waals surface area contributed by atoms with Gasteiger partial charge in [-0.3, -0.25) is 9.48 Å². The van der Waals surface area contributed by atoms with Crippen molar-refractivity contribution in [3.63, 3.8) is 0 Å². The van der Waals surface area contributed by atoms with Gasteiger partial charge in [-0.1, -0.05) is 12.8 Å². The second-order valence-electron chi connectivity index (χ2n) is 7.41. The summed E-state index contributed by atoms with van der Waals surface area (Å²) in [6.45, 7) is 1.25. The van der Waals surface area contributed by atoms with Gasteiger partial charge in [0.15, 0.2) is 0 Å². The molecule has 2 aromatic rings. The molecule has 4 rings (SSSR count). The molecule has 0 unspecified atom stereocenters. The Morgan fingerprint density at radius 3 is 2.81 bits per heavy atom. The van der Waals surface area contributed by atoms with E-state index in [9.17, 15) is 4.79 Å². The fourth-order valence-corrected chi connectivity index (χ4v) is 4.38. The van der Waals surface area contributed by atoms with Crippen LogP contribution in [0.4, 0.5) is 5.82 Å². The molecule has 2 atom stereocenters. The molecule has 2 fully saturated rings. The quantitative estimate of drug-likeness (QED) is 0.891. The molecule has 0 spiro atoms. The lowest BCUT2D eigenvalue weighted by molar-refractivity contribution is 0.0666. The Hall–Kier alpha value is -2.28. The first kappa shape index (κ1) is 17.1. The number of nitrogens with zero attached hydrogens (tertiary/aromatic N) is 4. The summed E-state index contributed by atoms with van der Waals surface area (Å²) in [5.74, 6) is 0.589. The van der Waals surface area contributed by atoms with Crippen LogP contribution in [0.1, 0.15) is 48.6 Å². The summed E-state index contributed by atoms with van der Waals surface area (Å²) in [6.07, 6.45) is 9.59. The predicted molar refractivity (Wildman–Crippen MR) is 98.8 cm³/mol. The van der Waals surface area contributed by atoms with Crippen LogP contribution >= 0.6 is 0 Å². The molecule has 2 aliphatic rings. The van der Waals surface area contributed by atoms with Crippen LogP contribution < -0.4 is 5.73 Å². The third-order valence-corrected chi connectivity index (χ3v) is 5.75. The maximum Gasteiger partial charge on any atom is 0.270 e. The first-order valence-corrected chi connectivity index (χ1v) is 9.45. The molecule has 1 amide bonds. The van der Waals surface area contributed by atoms with Gasteiger partial charge in [-0.05, 0) is 37.5 Å². The van der Waals surface area contributed by atoms with Crippen LogP contribution in [0.3, 0.4) is 0 Å². The smallest absolute Gasteiger partial charge is 0.270 e. The van der Waals surface area contributed by atoms with Crippen molar-refractivity contribution in [1.29, 1.82) is 0 Å². The molecule has 1 saturated carbocycles. The van der Waals surface area contributed by atoms with Gasteiger partial charge in [0.05, 0.1) is 18.7 Å². The Bertz CT molecular complexity index is 762. The fourth-order valence-electron chi connectivity index (χ4n) is 4.38. The van der Waals surface area contributed by atoms with Crippen molar-refractivity contribution in [2.24, 2.45) is 0 Å². The third-order valence-electron chi connectivity index (χ3n) is 5.75. The van der Waals surface area contributed by atoms with Gasteiger partial charge in [0.2, 0.25) is 0 Å². The van der Waals surface area contributed by atoms with Gasteiger partial charge in [0.1, 0.15) is 11.5 Å². The molecular formula is C19H27N5O2. The first-order chi connectivity index (χ1) is 12.7. The highest BCUT2D eigenvalue weighted by Gasteiger charge is 2.37. The second kappa shape index (κ2) is 7.15. The number of nitrogen functional groups attached to an aromatic ring is 1. The Morgan fingerprint density at radius 1 is 1.31 bits per heavy atom. The zero-order valence-electron chi connectivity index (χ0n) is 15.3. The number of aromatic nitrogens is 3. The van der Waals surface area contributed by atoms with Crippen molar-refractivity contribution in [3.8, 4) is 0 Å². The third kappa shape index (κ3) is 3.23. The van der Waals surface area contributed by atoms with Crippen molar-refractivity contribution in [2.75, 3.05) is 19.4 Å². The summed E-state index contributed by atoms with van der Waals surface area (Å²) >= 11 is 0. The summed E-state index contributed by atoms with van der Waals surface area (Å²) < 4.78 is 9.55. The molecule has 3 heterocycles. The van der Waals surface area contributed by atoms with Crippen molar-refractivity contribution in [2.45, 2.75) is 56.8 Å². The lowest BCUT2D eigenvalue weighted by Crippen LogP contribution is -2.39. The van der Waals surface area contributed by atoms with Crippen LogP contribution in [0.25, 0.3) is 0 Å². The van der Waals surface area contributed by atoms with Crippen LogP contribution in [-0.4, -0.2) is 51.0 Å². The number of rotatable bonds is 5. The number of amides is 1. The number of hydrogen-bond acceptors (Lipinski definition) is 4. The first-order valence-electron chi connectivity index (χ1n) is 9.45. The predicted octanol–water partition coefficient (Wildman–Crippen LogP) is 2.31. The normalized spacial score (nSPS) is 23.8. The maximum atomic E-state index is 13.3. The lowest BCUT2D eigenvalue weighted by atomic mass is 10.2. The van der Waals surface area contributed by atoms with Crippen LogP contribution in [0.2, 0.25) is 0 Å². The van der Waals surface area contributed by atoms with E-state index >= 15 is 0 Å². The monoisotopic (exact) mass is 357 g/mol. The van der Waals surface area contributed by atoms with Gasteiger partial charge in [-0.2, -0.15) is 5.10 Å². The Balaban J connectivity index is 1.55.